The van der Waals surface area contributed by atoms with Crippen LogP contribution in [0.4, 0.5) is 18.3 Å². The maximum atomic E-state index is 13.9. The third kappa shape index (κ3) is 5.70. The van der Waals surface area contributed by atoms with Crippen LogP contribution in [0.15, 0.2) is 12.1 Å². The molecule has 1 unspecified atom stereocenters. The topological polar surface area (TPSA) is 117 Å². The Balaban J connectivity index is 1.66. The number of fused-ring (bicyclic) bond motifs is 1. The largest absolute Gasteiger partial charge is 0.478 e. The predicted molar refractivity (Wildman–Crippen MR) is 128 cm³/mol. The van der Waals surface area contributed by atoms with Crippen molar-refractivity contribution in [3.63, 3.8) is 0 Å². The van der Waals surface area contributed by atoms with Crippen LogP contribution in [0.25, 0.3) is 10.2 Å². The van der Waals surface area contributed by atoms with Crippen molar-refractivity contribution in [1.82, 2.24) is 14.9 Å². The van der Waals surface area contributed by atoms with Crippen LogP contribution in [-0.2, 0) is 4.74 Å². The maximum Gasteiger partial charge on any atom is 0.426 e. The van der Waals surface area contributed by atoms with E-state index in [0.29, 0.717) is 32.0 Å². The minimum Gasteiger partial charge on any atom is -0.478 e. The quantitative estimate of drug-likeness (QED) is 0.375. The van der Waals surface area contributed by atoms with Crippen LogP contribution in [0.1, 0.15) is 26.5 Å². The number of nitrogens with zero attached hydrogens (tertiary/aromatic N) is 2. The number of amides is 1. The van der Waals surface area contributed by atoms with Crippen LogP contribution in [0.3, 0.4) is 0 Å². The second-order valence-corrected chi connectivity index (χ2v) is 9.70. The number of aromatic nitrogens is 2. The van der Waals surface area contributed by atoms with Crippen LogP contribution >= 0.6 is 34.5 Å². The van der Waals surface area contributed by atoms with Crippen LogP contribution < -0.4 is 10.1 Å². The number of H-pyrrole nitrogens is 1. The molecule has 36 heavy (non-hydrogen) atoms. The summed E-state index contributed by atoms with van der Waals surface area (Å²) in [7, 11) is 0. The molecule has 1 saturated heterocycles. The summed E-state index contributed by atoms with van der Waals surface area (Å²) in [5.74, 6) is -2.41. The van der Waals surface area contributed by atoms with Crippen molar-refractivity contribution in [1.29, 1.82) is 0 Å². The van der Waals surface area contributed by atoms with E-state index in [1.54, 1.807) is 11.8 Å². The van der Waals surface area contributed by atoms with Crippen LogP contribution in [0.2, 0.25) is 10.0 Å². The summed E-state index contributed by atoms with van der Waals surface area (Å²) < 4.78 is 52.3. The van der Waals surface area contributed by atoms with Gasteiger partial charge in [0.05, 0.1) is 33.5 Å². The summed E-state index contributed by atoms with van der Waals surface area (Å²) in [6, 6.07) is 2.23. The highest BCUT2D eigenvalue weighted by Gasteiger charge is 2.43. The molecule has 0 radical (unpaired) electrons. The minimum atomic E-state index is -4.74. The van der Waals surface area contributed by atoms with Crippen molar-refractivity contribution in [2.45, 2.75) is 19.2 Å². The van der Waals surface area contributed by atoms with Gasteiger partial charge in [-0.05, 0) is 19.1 Å². The van der Waals surface area contributed by atoms with Gasteiger partial charge in [-0.2, -0.15) is 13.2 Å². The van der Waals surface area contributed by atoms with E-state index in [-0.39, 0.29) is 42.4 Å². The Labute approximate surface area is 216 Å². The molecule has 2 aromatic heterocycles. The molecule has 9 nitrogen and oxygen atoms in total. The van der Waals surface area contributed by atoms with E-state index >= 15 is 0 Å². The molecule has 0 bridgehead atoms. The van der Waals surface area contributed by atoms with Crippen molar-refractivity contribution in [2.75, 3.05) is 38.2 Å². The standard InChI is InChI=1S/C21H19Cl2F3N4O5S/c1-9-14(22)15(23)17(27-9)18(31)29-20-28-16-11(6-10(19(32)33)7-12(16)36-20)35-13(21(24,25)26)8-30-2-4-34-5-3-30/h6-7,13,27H,2-5,8H2,1H3,(H,32,33)(H,28,29,31). The van der Waals surface area contributed by atoms with Gasteiger partial charge in [-0.25, -0.2) is 9.78 Å². The fourth-order valence-corrected chi connectivity index (χ4v) is 4.87. The number of aromatic amines is 1. The number of hydrogen-bond acceptors (Lipinski definition) is 7. The van der Waals surface area contributed by atoms with Gasteiger partial charge in [-0.1, -0.05) is 34.5 Å². The number of carboxylic acids is 1. The fourth-order valence-electron chi connectivity index (χ4n) is 3.53. The molecule has 3 N–H and O–H groups in total. The zero-order chi connectivity index (χ0) is 26.2. The van der Waals surface area contributed by atoms with Crippen molar-refractivity contribution in [2.24, 2.45) is 0 Å². The van der Waals surface area contributed by atoms with Gasteiger partial charge < -0.3 is 19.6 Å². The third-order valence-electron chi connectivity index (χ3n) is 5.37. The number of carbonyl (C=O) groups excluding carboxylic acids is 1. The number of benzene rings is 1. The molecule has 3 heterocycles. The Morgan fingerprint density at radius 3 is 2.58 bits per heavy atom. The zero-order valence-corrected chi connectivity index (χ0v) is 20.9. The number of carbonyl (C=O) groups is 2. The lowest BCUT2D eigenvalue weighted by atomic mass is 10.2. The van der Waals surface area contributed by atoms with E-state index in [1.807, 2.05) is 0 Å². The molecule has 194 valence electrons. The first kappa shape index (κ1) is 26.5. The van der Waals surface area contributed by atoms with Gasteiger partial charge in [0, 0.05) is 25.3 Å². The summed E-state index contributed by atoms with van der Waals surface area (Å²) in [6.07, 6.45) is -6.98. The highest BCUT2D eigenvalue weighted by Crippen LogP contribution is 2.37. The summed E-state index contributed by atoms with van der Waals surface area (Å²) in [4.78, 5) is 32.8. The lowest BCUT2D eigenvalue weighted by Gasteiger charge is -2.31. The number of carboxylic acid groups (broad SMARTS) is 1. The van der Waals surface area contributed by atoms with Gasteiger partial charge in [0.25, 0.3) is 5.91 Å². The number of rotatable bonds is 7. The predicted octanol–water partition coefficient (Wildman–Crippen LogP) is 4.83. The Morgan fingerprint density at radius 2 is 2.00 bits per heavy atom. The first-order chi connectivity index (χ1) is 16.9. The molecule has 1 fully saturated rings. The van der Waals surface area contributed by atoms with E-state index in [1.165, 1.54) is 6.07 Å². The number of alkyl halides is 3. The molecule has 1 amide bonds. The van der Waals surface area contributed by atoms with E-state index in [2.05, 4.69) is 15.3 Å². The molecule has 0 aliphatic carbocycles. The lowest BCUT2D eigenvalue weighted by molar-refractivity contribution is -0.201. The summed E-state index contributed by atoms with van der Waals surface area (Å²) in [5, 5.41) is 12.1. The minimum absolute atomic E-state index is 0.00101. The van der Waals surface area contributed by atoms with Crippen LogP contribution in [0, 0.1) is 6.92 Å². The SMILES string of the molecule is Cc1[nH]c(C(=O)Nc2nc3c(OC(CN4CCOCC4)C(F)(F)F)cc(C(=O)O)cc3s2)c(Cl)c1Cl. The van der Waals surface area contributed by atoms with Gasteiger partial charge in [-0.3, -0.25) is 15.0 Å². The normalized spacial score (nSPS) is 15.7. The second kappa shape index (κ2) is 10.4. The Bertz CT molecular complexity index is 1310. The first-order valence-corrected chi connectivity index (χ1v) is 12.1. The van der Waals surface area contributed by atoms with Gasteiger partial charge >= 0.3 is 12.1 Å². The molecular weight excluding hydrogens is 548 g/mol. The molecule has 3 aromatic rings. The van der Waals surface area contributed by atoms with Gasteiger partial charge in [0.1, 0.15) is 17.0 Å². The number of nitrogens with one attached hydrogen (secondary N) is 2. The van der Waals surface area contributed by atoms with E-state index < -0.39 is 30.7 Å². The first-order valence-electron chi connectivity index (χ1n) is 10.5. The molecule has 1 aliphatic rings. The van der Waals surface area contributed by atoms with Crippen molar-refractivity contribution < 1.29 is 37.3 Å². The van der Waals surface area contributed by atoms with Crippen molar-refractivity contribution in [3.05, 3.63) is 39.1 Å². The highest BCUT2D eigenvalue weighted by atomic mass is 35.5. The number of aromatic carboxylic acids is 1. The number of halogens is 5. The number of aryl methyl sites for hydroxylation is 1. The Hall–Kier alpha value is -2.58. The van der Waals surface area contributed by atoms with Gasteiger partial charge in [0.2, 0.25) is 6.10 Å². The third-order valence-corrected chi connectivity index (χ3v) is 7.24. The average molecular weight is 567 g/mol. The lowest BCUT2D eigenvalue weighted by Crippen LogP contribution is -2.48. The van der Waals surface area contributed by atoms with Crippen molar-refractivity contribution in [3.8, 4) is 5.75 Å². The molecule has 1 aliphatic heterocycles. The maximum absolute atomic E-state index is 13.9. The molecule has 15 heteroatoms. The molecule has 4 rings (SSSR count). The van der Waals surface area contributed by atoms with Crippen LogP contribution in [-0.4, -0.2) is 77.0 Å². The molecule has 0 spiro atoms. The summed E-state index contributed by atoms with van der Waals surface area (Å²) >= 11 is 12.9. The summed E-state index contributed by atoms with van der Waals surface area (Å²) in [5.41, 5.74) is 0.129. The molecule has 0 saturated carbocycles. The van der Waals surface area contributed by atoms with E-state index in [9.17, 15) is 27.9 Å². The highest BCUT2D eigenvalue weighted by molar-refractivity contribution is 7.22. The number of thiazole rings is 1. The number of anilines is 1. The second-order valence-electron chi connectivity index (χ2n) is 7.91. The number of hydrogen-bond donors (Lipinski definition) is 3. The molecular formula is C21H19Cl2F3N4O5S. The number of morpholine rings is 1. The Kier molecular flexibility index (Phi) is 7.67. The van der Waals surface area contributed by atoms with Gasteiger partial charge in [0.15, 0.2) is 5.13 Å². The molecule has 1 aromatic carbocycles. The monoisotopic (exact) mass is 566 g/mol. The summed E-state index contributed by atoms with van der Waals surface area (Å²) in [6.45, 7) is 2.36. The average Bonchev–Trinajstić information content (AvgIpc) is 3.34. The fraction of sp³-hybridized carbons (Fsp3) is 0.381. The van der Waals surface area contributed by atoms with E-state index in [0.717, 1.165) is 17.4 Å². The van der Waals surface area contributed by atoms with E-state index in [4.69, 9.17) is 32.7 Å². The molecule has 1 atom stereocenters. The van der Waals surface area contributed by atoms with Crippen LogP contribution in [0.5, 0.6) is 5.75 Å². The van der Waals surface area contributed by atoms with Crippen molar-refractivity contribution >= 4 is 61.8 Å². The Morgan fingerprint density at radius 1 is 1.31 bits per heavy atom. The zero-order valence-electron chi connectivity index (χ0n) is 18.5. The smallest absolute Gasteiger partial charge is 0.426 e. The number of ether oxygens (including phenoxy) is 2. The van der Waals surface area contributed by atoms with Gasteiger partial charge in [-0.15, -0.1) is 0 Å².